The van der Waals surface area contributed by atoms with Crippen molar-refractivity contribution in [3.05, 3.63) is 48.0 Å². The van der Waals surface area contributed by atoms with E-state index in [1.807, 2.05) is 41.8 Å². The van der Waals surface area contributed by atoms with Crippen LogP contribution in [0.4, 0.5) is 10.9 Å². The van der Waals surface area contributed by atoms with E-state index in [-0.39, 0.29) is 30.1 Å². The molecule has 0 bridgehead atoms. The number of carbonyl (C=O) groups is 3. The second-order valence-corrected chi connectivity index (χ2v) is 11.5. The van der Waals surface area contributed by atoms with Gasteiger partial charge in [0.05, 0.1) is 18.0 Å². The molecule has 0 radical (unpaired) electrons. The van der Waals surface area contributed by atoms with Gasteiger partial charge in [-0.15, -0.1) is 11.3 Å². The number of carboxylic acids is 1. The van der Waals surface area contributed by atoms with Crippen molar-refractivity contribution in [2.45, 2.75) is 52.4 Å². The van der Waals surface area contributed by atoms with Crippen LogP contribution in [0.5, 0.6) is 0 Å². The van der Waals surface area contributed by atoms with Crippen LogP contribution in [0, 0.1) is 17.8 Å². The Hall–Kier alpha value is -3.59. The van der Waals surface area contributed by atoms with Crippen LogP contribution < -0.4 is 9.80 Å². The number of thiazole rings is 1. The lowest BCUT2D eigenvalue weighted by molar-refractivity contribution is -0.142. The Morgan fingerprint density at radius 1 is 1.05 bits per heavy atom. The molecule has 0 spiro atoms. The predicted molar refractivity (Wildman–Crippen MR) is 153 cm³/mol. The minimum Gasteiger partial charge on any atom is -0.481 e. The van der Waals surface area contributed by atoms with E-state index in [4.69, 9.17) is 4.98 Å². The van der Waals surface area contributed by atoms with Crippen LogP contribution in [0.25, 0.3) is 22.4 Å². The first-order valence-corrected chi connectivity index (χ1v) is 14.6. The number of carbonyl (C=O) groups excluding carboxylic acids is 2. The lowest BCUT2D eigenvalue weighted by Gasteiger charge is -2.34. The van der Waals surface area contributed by atoms with Gasteiger partial charge in [0.1, 0.15) is 5.82 Å². The number of aliphatic carboxylic acids is 1. The summed E-state index contributed by atoms with van der Waals surface area (Å²) in [7, 11) is 0. The number of carboxylic acid groups (broad SMARTS) is 1. The Morgan fingerprint density at radius 2 is 1.82 bits per heavy atom. The van der Waals surface area contributed by atoms with Crippen LogP contribution in [0.2, 0.25) is 0 Å². The van der Waals surface area contributed by atoms with Gasteiger partial charge in [0.25, 0.3) is 0 Å². The highest BCUT2D eigenvalue weighted by atomic mass is 32.1. The Balaban J connectivity index is 1.43. The summed E-state index contributed by atoms with van der Waals surface area (Å²) in [5.74, 6) is -0.614. The van der Waals surface area contributed by atoms with E-state index in [1.165, 1.54) is 11.3 Å². The average Bonchev–Trinajstić information content (AvgIpc) is 3.58. The molecule has 2 aliphatic rings. The number of benzene rings is 1. The number of nitrogens with zero attached hydrogens (tertiary/aromatic N) is 4. The van der Waals surface area contributed by atoms with Gasteiger partial charge in [0.15, 0.2) is 5.13 Å². The summed E-state index contributed by atoms with van der Waals surface area (Å²) in [5, 5.41) is 12.1. The molecule has 2 unspecified atom stereocenters. The molecule has 2 amide bonds. The largest absolute Gasteiger partial charge is 0.481 e. The summed E-state index contributed by atoms with van der Waals surface area (Å²) in [6, 6.07) is 11.8. The van der Waals surface area contributed by atoms with Crippen molar-refractivity contribution in [1.29, 1.82) is 0 Å². The first-order chi connectivity index (χ1) is 18.8. The third-order valence-corrected chi connectivity index (χ3v) is 8.72. The second-order valence-electron chi connectivity index (χ2n) is 10.7. The summed E-state index contributed by atoms with van der Waals surface area (Å²) in [5.41, 5.74) is 3.56. The van der Waals surface area contributed by atoms with Crippen molar-refractivity contribution >= 4 is 40.1 Å². The highest BCUT2D eigenvalue weighted by Crippen LogP contribution is 2.38. The molecule has 39 heavy (non-hydrogen) atoms. The van der Waals surface area contributed by atoms with E-state index in [9.17, 15) is 19.5 Å². The molecule has 2 aliphatic heterocycles. The van der Waals surface area contributed by atoms with Gasteiger partial charge < -0.3 is 5.11 Å². The van der Waals surface area contributed by atoms with E-state index in [0.717, 1.165) is 48.1 Å². The van der Waals surface area contributed by atoms with Crippen molar-refractivity contribution in [3.8, 4) is 22.4 Å². The summed E-state index contributed by atoms with van der Waals surface area (Å²) >= 11 is 1.41. The molecule has 2 saturated heterocycles. The molecule has 8 nitrogen and oxygen atoms in total. The lowest BCUT2D eigenvalue weighted by atomic mass is 9.76. The fraction of sp³-hybridized carbons (Fsp3) is 0.433. The maximum absolute atomic E-state index is 13.7. The number of pyridine rings is 1. The number of aromatic nitrogens is 2. The van der Waals surface area contributed by atoms with E-state index in [0.29, 0.717) is 30.5 Å². The quantitative estimate of drug-likeness (QED) is 0.397. The second kappa shape index (κ2) is 11.7. The van der Waals surface area contributed by atoms with E-state index >= 15 is 0 Å². The molecule has 9 heteroatoms. The van der Waals surface area contributed by atoms with Crippen LogP contribution in [0.1, 0.15) is 52.4 Å². The molecular weight excluding hydrogens is 512 g/mol. The molecule has 2 aromatic heterocycles. The molecule has 2 fully saturated rings. The standard InChI is InChI=1S/C30H34N4O4S/c1-19(2)21-8-5-6-14-34(29(38)24(21)16-28(36)37)30-32-25(18-39-30)23-10-4-3-9-22(23)20-12-13-26(31-17-20)33-15-7-11-27(33)35/h3-4,9-10,12-13,17-19,21,24H,5-8,11,14-16H2,1-2H3,(H,36,37). The van der Waals surface area contributed by atoms with Gasteiger partial charge in [0, 0.05) is 42.2 Å². The van der Waals surface area contributed by atoms with Crippen molar-refractivity contribution in [1.82, 2.24) is 9.97 Å². The van der Waals surface area contributed by atoms with Gasteiger partial charge in [-0.2, -0.15) is 0 Å². The third-order valence-electron chi connectivity index (χ3n) is 7.85. The molecule has 1 aromatic carbocycles. The Bertz CT molecular complexity index is 1350. The van der Waals surface area contributed by atoms with E-state index in [2.05, 4.69) is 18.8 Å². The highest BCUT2D eigenvalue weighted by molar-refractivity contribution is 7.14. The number of amides is 2. The SMILES string of the molecule is CC(C)C1CCCCN(c2nc(-c3ccccc3-c3ccc(N4CCCC4=O)nc3)cs2)C(=O)C1CC(=O)O. The van der Waals surface area contributed by atoms with Crippen LogP contribution in [-0.4, -0.2) is 45.9 Å². The minimum absolute atomic E-state index is 0.0304. The summed E-state index contributed by atoms with van der Waals surface area (Å²) in [6.07, 6.45) is 5.72. The van der Waals surface area contributed by atoms with E-state index in [1.54, 1.807) is 16.0 Å². The summed E-state index contributed by atoms with van der Waals surface area (Å²) < 4.78 is 0. The molecule has 4 heterocycles. The van der Waals surface area contributed by atoms with Gasteiger partial charge in [-0.05, 0) is 48.8 Å². The van der Waals surface area contributed by atoms with Gasteiger partial charge >= 0.3 is 5.97 Å². The van der Waals surface area contributed by atoms with E-state index < -0.39 is 11.9 Å². The topological polar surface area (TPSA) is 104 Å². The Morgan fingerprint density at radius 3 is 2.49 bits per heavy atom. The molecule has 3 aromatic rings. The van der Waals surface area contributed by atoms with Crippen LogP contribution in [0.15, 0.2) is 48.0 Å². The van der Waals surface area contributed by atoms with Crippen molar-refractivity contribution in [2.75, 3.05) is 22.9 Å². The van der Waals surface area contributed by atoms with Gasteiger partial charge in [-0.1, -0.05) is 44.5 Å². The van der Waals surface area contributed by atoms with Crippen LogP contribution >= 0.6 is 11.3 Å². The molecular formula is C30H34N4O4S. The first kappa shape index (κ1) is 27.0. The molecule has 0 aliphatic carbocycles. The first-order valence-electron chi connectivity index (χ1n) is 13.7. The zero-order chi connectivity index (χ0) is 27.5. The molecule has 1 N–H and O–H groups in total. The highest BCUT2D eigenvalue weighted by Gasteiger charge is 2.37. The molecule has 5 rings (SSSR count). The van der Waals surface area contributed by atoms with Gasteiger partial charge in [-0.25, -0.2) is 9.97 Å². The van der Waals surface area contributed by atoms with Crippen LogP contribution in [-0.2, 0) is 14.4 Å². The fourth-order valence-electron chi connectivity index (χ4n) is 5.82. The number of hydrogen-bond donors (Lipinski definition) is 1. The van der Waals surface area contributed by atoms with Gasteiger partial charge in [0.2, 0.25) is 11.8 Å². The number of hydrogen-bond acceptors (Lipinski definition) is 6. The maximum atomic E-state index is 13.7. The number of anilines is 2. The lowest BCUT2D eigenvalue weighted by Crippen LogP contribution is -2.43. The smallest absolute Gasteiger partial charge is 0.304 e. The normalized spacial score (nSPS) is 20.4. The van der Waals surface area contributed by atoms with Crippen LogP contribution in [0.3, 0.4) is 0 Å². The predicted octanol–water partition coefficient (Wildman–Crippen LogP) is 5.88. The number of rotatable bonds is 7. The van der Waals surface area contributed by atoms with Crippen molar-refractivity contribution in [3.63, 3.8) is 0 Å². The summed E-state index contributed by atoms with van der Waals surface area (Å²) in [4.78, 5) is 50.4. The molecule has 0 saturated carbocycles. The van der Waals surface area contributed by atoms with Crippen molar-refractivity contribution in [2.24, 2.45) is 17.8 Å². The third kappa shape index (κ3) is 5.73. The average molecular weight is 547 g/mol. The molecule has 2 atom stereocenters. The zero-order valence-corrected chi connectivity index (χ0v) is 23.2. The zero-order valence-electron chi connectivity index (χ0n) is 22.4. The van der Waals surface area contributed by atoms with Crippen molar-refractivity contribution < 1.29 is 19.5 Å². The minimum atomic E-state index is -0.943. The molecule has 204 valence electrons. The maximum Gasteiger partial charge on any atom is 0.304 e. The van der Waals surface area contributed by atoms with Gasteiger partial charge in [-0.3, -0.25) is 24.2 Å². The summed E-state index contributed by atoms with van der Waals surface area (Å²) in [6.45, 7) is 5.38. The monoisotopic (exact) mass is 546 g/mol. The Labute approximate surface area is 232 Å². The fourth-order valence-corrected chi connectivity index (χ4v) is 6.68. The Kier molecular flexibility index (Phi) is 8.07.